The third-order valence-electron chi connectivity index (χ3n) is 3.76. The van der Waals surface area contributed by atoms with Crippen LogP contribution in [0.15, 0.2) is 0 Å². The van der Waals surface area contributed by atoms with E-state index in [0.717, 1.165) is 12.8 Å². The topological polar surface area (TPSA) is 113 Å². The molecule has 3 amide bonds. The molecular weight excluding hydrogens is 272 g/mol. The molecule has 120 valence electrons. The molecule has 0 saturated heterocycles. The van der Waals surface area contributed by atoms with Crippen LogP contribution >= 0.6 is 0 Å². The predicted octanol–water partition coefficient (Wildman–Crippen LogP) is -0.737. The van der Waals surface area contributed by atoms with Gasteiger partial charge in [-0.25, -0.2) is 0 Å². The maximum absolute atomic E-state index is 11.8. The minimum Gasteiger partial charge on any atom is -0.350 e. The van der Waals surface area contributed by atoms with Gasteiger partial charge in [0.05, 0.1) is 13.1 Å². The fourth-order valence-corrected chi connectivity index (χ4v) is 2.61. The van der Waals surface area contributed by atoms with Crippen molar-refractivity contribution in [1.82, 2.24) is 16.0 Å². The smallest absolute Gasteiger partial charge is 0.239 e. The molecule has 0 heterocycles. The number of rotatable bonds is 7. The van der Waals surface area contributed by atoms with E-state index in [-0.39, 0.29) is 36.9 Å². The zero-order valence-corrected chi connectivity index (χ0v) is 12.6. The first-order chi connectivity index (χ1) is 10.0. The summed E-state index contributed by atoms with van der Waals surface area (Å²) in [6, 6.07) is -0.0231. The van der Waals surface area contributed by atoms with Crippen molar-refractivity contribution in [2.75, 3.05) is 19.6 Å². The molecule has 0 aliphatic heterocycles. The summed E-state index contributed by atoms with van der Waals surface area (Å²) >= 11 is 0. The summed E-state index contributed by atoms with van der Waals surface area (Å²) in [5, 5.41) is 7.72. The van der Waals surface area contributed by atoms with Crippen molar-refractivity contribution in [1.29, 1.82) is 0 Å². The van der Waals surface area contributed by atoms with Crippen molar-refractivity contribution in [3.05, 3.63) is 0 Å². The third-order valence-corrected chi connectivity index (χ3v) is 3.76. The minimum atomic E-state index is -0.387. The van der Waals surface area contributed by atoms with Crippen molar-refractivity contribution in [2.45, 2.75) is 45.1 Å². The molecule has 0 aromatic rings. The Morgan fingerprint density at radius 1 is 1.05 bits per heavy atom. The Hall–Kier alpha value is -1.63. The van der Waals surface area contributed by atoms with Gasteiger partial charge in [-0.15, -0.1) is 0 Å². The van der Waals surface area contributed by atoms with Crippen molar-refractivity contribution in [2.24, 2.45) is 11.7 Å². The number of amides is 3. The SMILES string of the molecule is CC(=O)NCC(=O)NCC(=O)NC(CN)C1CCCCC1. The molecule has 1 rings (SSSR count). The van der Waals surface area contributed by atoms with E-state index in [1.54, 1.807) is 0 Å². The van der Waals surface area contributed by atoms with Crippen LogP contribution in [-0.2, 0) is 14.4 Å². The Balaban J connectivity index is 2.27. The van der Waals surface area contributed by atoms with Gasteiger partial charge in [0.2, 0.25) is 17.7 Å². The van der Waals surface area contributed by atoms with Crippen LogP contribution in [0.2, 0.25) is 0 Å². The summed E-state index contributed by atoms with van der Waals surface area (Å²) in [6.45, 7) is 1.53. The molecule has 7 nitrogen and oxygen atoms in total. The largest absolute Gasteiger partial charge is 0.350 e. The number of nitrogens with one attached hydrogen (secondary N) is 3. The summed E-state index contributed by atoms with van der Waals surface area (Å²) in [4.78, 5) is 33.9. The summed E-state index contributed by atoms with van der Waals surface area (Å²) in [7, 11) is 0. The Morgan fingerprint density at radius 3 is 2.24 bits per heavy atom. The molecule has 1 aliphatic rings. The Bertz CT molecular complexity index is 367. The molecule has 0 spiro atoms. The number of hydrogen-bond acceptors (Lipinski definition) is 4. The van der Waals surface area contributed by atoms with Gasteiger partial charge in [-0.05, 0) is 18.8 Å². The zero-order valence-electron chi connectivity index (χ0n) is 12.6. The molecule has 1 atom stereocenters. The van der Waals surface area contributed by atoms with E-state index in [2.05, 4.69) is 16.0 Å². The van der Waals surface area contributed by atoms with E-state index in [0.29, 0.717) is 12.5 Å². The van der Waals surface area contributed by atoms with Crippen LogP contribution in [0, 0.1) is 5.92 Å². The highest BCUT2D eigenvalue weighted by Crippen LogP contribution is 2.26. The summed E-state index contributed by atoms with van der Waals surface area (Å²) in [6.07, 6.45) is 5.81. The fraction of sp³-hybridized carbons (Fsp3) is 0.786. The lowest BCUT2D eigenvalue weighted by atomic mass is 9.84. The van der Waals surface area contributed by atoms with Crippen molar-refractivity contribution < 1.29 is 14.4 Å². The van der Waals surface area contributed by atoms with Crippen molar-refractivity contribution in [3.8, 4) is 0 Å². The van der Waals surface area contributed by atoms with Gasteiger partial charge < -0.3 is 21.7 Å². The molecule has 1 saturated carbocycles. The number of carbonyl (C=O) groups excluding carboxylic acids is 3. The average molecular weight is 298 g/mol. The van der Waals surface area contributed by atoms with Gasteiger partial charge in [0, 0.05) is 19.5 Å². The number of nitrogens with two attached hydrogens (primary N) is 1. The highest BCUT2D eigenvalue weighted by Gasteiger charge is 2.23. The van der Waals surface area contributed by atoms with Crippen LogP contribution < -0.4 is 21.7 Å². The van der Waals surface area contributed by atoms with Crippen LogP contribution in [0.3, 0.4) is 0 Å². The Kier molecular flexibility index (Phi) is 7.74. The molecular formula is C14H26N4O3. The summed E-state index contributed by atoms with van der Waals surface area (Å²) < 4.78 is 0. The molecule has 1 aliphatic carbocycles. The molecule has 0 bridgehead atoms. The first kappa shape index (κ1) is 17.4. The lowest BCUT2D eigenvalue weighted by Crippen LogP contribution is -2.49. The van der Waals surface area contributed by atoms with Crippen LogP contribution in [0.4, 0.5) is 0 Å². The third kappa shape index (κ3) is 7.08. The monoisotopic (exact) mass is 298 g/mol. The second-order valence-corrected chi connectivity index (χ2v) is 5.49. The van der Waals surface area contributed by atoms with Gasteiger partial charge in [-0.3, -0.25) is 14.4 Å². The molecule has 5 N–H and O–H groups in total. The van der Waals surface area contributed by atoms with Gasteiger partial charge in [-0.2, -0.15) is 0 Å². The van der Waals surface area contributed by atoms with E-state index < -0.39 is 0 Å². The highest BCUT2D eigenvalue weighted by atomic mass is 16.2. The standard InChI is InChI=1S/C14H26N4O3/c1-10(19)16-8-13(20)17-9-14(21)18-12(7-15)11-5-3-2-4-6-11/h11-12H,2-9,15H2,1H3,(H,16,19)(H,17,20)(H,18,21). The molecule has 0 aromatic heterocycles. The Morgan fingerprint density at radius 2 is 1.67 bits per heavy atom. The molecule has 1 unspecified atom stereocenters. The number of hydrogen-bond donors (Lipinski definition) is 4. The summed E-state index contributed by atoms with van der Waals surface area (Å²) in [5.41, 5.74) is 5.74. The maximum atomic E-state index is 11.8. The highest BCUT2D eigenvalue weighted by molar-refractivity contribution is 5.87. The fourth-order valence-electron chi connectivity index (χ4n) is 2.61. The molecule has 0 aromatic carbocycles. The molecule has 7 heteroatoms. The first-order valence-electron chi connectivity index (χ1n) is 7.53. The summed E-state index contributed by atoms with van der Waals surface area (Å²) in [5.74, 6) is -0.479. The second-order valence-electron chi connectivity index (χ2n) is 5.49. The van der Waals surface area contributed by atoms with E-state index in [1.807, 2.05) is 0 Å². The Labute approximate surface area is 125 Å². The maximum Gasteiger partial charge on any atom is 0.239 e. The van der Waals surface area contributed by atoms with Crippen LogP contribution in [0.25, 0.3) is 0 Å². The van der Waals surface area contributed by atoms with E-state index in [9.17, 15) is 14.4 Å². The number of carbonyl (C=O) groups is 3. The first-order valence-corrected chi connectivity index (χ1v) is 7.53. The predicted molar refractivity (Wildman–Crippen MR) is 79.3 cm³/mol. The average Bonchev–Trinajstić information content (AvgIpc) is 2.49. The zero-order chi connectivity index (χ0) is 15.7. The second kappa shape index (κ2) is 9.33. The van der Waals surface area contributed by atoms with Crippen LogP contribution in [0.5, 0.6) is 0 Å². The van der Waals surface area contributed by atoms with E-state index >= 15 is 0 Å². The van der Waals surface area contributed by atoms with E-state index in [1.165, 1.54) is 26.2 Å². The van der Waals surface area contributed by atoms with Crippen LogP contribution in [-0.4, -0.2) is 43.4 Å². The van der Waals surface area contributed by atoms with Gasteiger partial charge >= 0.3 is 0 Å². The lowest BCUT2D eigenvalue weighted by molar-refractivity contribution is -0.127. The lowest BCUT2D eigenvalue weighted by Gasteiger charge is -2.30. The normalized spacial score (nSPS) is 16.9. The van der Waals surface area contributed by atoms with Gasteiger partial charge in [0.1, 0.15) is 0 Å². The molecule has 1 fully saturated rings. The van der Waals surface area contributed by atoms with E-state index in [4.69, 9.17) is 5.73 Å². The van der Waals surface area contributed by atoms with Gasteiger partial charge in [0.15, 0.2) is 0 Å². The molecule has 0 radical (unpaired) electrons. The minimum absolute atomic E-state index is 0.0231. The van der Waals surface area contributed by atoms with Gasteiger partial charge in [0.25, 0.3) is 0 Å². The van der Waals surface area contributed by atoms with Crippen molar-refractivity contribution in [3.63, 3.8) is 0 Å². The quantitative estimate of drug-likeness (QED) is 0.496. The van der Waals surface area contributed by atoms with Crippen LogP contribution in [0.1, 0.15) is 39.0 Å². The molecule has 21 heavy (non-hydrogen) atoms. The van der Waals surface area contributed by atoms with Crippen molar-refractivity contribution >= 4 is 17.7 Å². The van der Waals surface area contributed by atoms with Gasteiger partial charge in [-0.1, -0.05) is 19.3 Å².